The molecule has 3 N–H and O–H groups in total. The highest BCUT2D eigenvalue weighted by molar-refractivity contribution is 9.10. The standard InChI is InChI=1S/C14H16BrN3OS/c1-8(16)14-18-12(7-20-14)13(19)17-9(2)10-4-3-5-11(15)6-10/h3-9H,16H2,1-2H3,(H,17,19)/t8?,9-/m0/s1. The molecule has 0 bridgehead atoms. The molecule has 0 aliphatic carbocycles. The van der Waals surface area contributed by atoms with Crippen molar-refractivity contribution in [3.63, 3.8) is 0 Å². The van der Waals surface area contributed by atoms with Gasteiger partial charge >= 0.3 is 0 Å². The maximum atomic E-state index is 12.1. The first kappa shape index (κ1) is 15.2. The number of rotatable bonds is 4. The van der Waals surface area contributed by atoms with Gasteiger partial charge in [-0.2, -0.15) is 0 Å². The lowest BCUT2D eigenvalue weighted by atomic mass is 10.1. The molecule has 0 radical (unpaired) electrons. The van der Waals surface area contributed by atoms with Crippen LogP contribution in [0.1, 0.15) is 47.0 Å². The lowest BCUT2D eigenvalue weighted by Crippen LogP contribution is -2.27. The van der Waals surface area contributed by atoms with Gasteiger partial charge in [-0.1, -0.05) is 28.1 Å². The molecule has 2 rings (SSSR count). The van der Waals surface area contributed by atoms with E-state index in [0.29, 0.717) is 5.69 Å². The molecular formula is C14H16BrN3OS. The first-order valence-corrected chi connectivity index (χ1v) is 7.92. The molecule has 1 heterocycles. The van der Waals surface area contributed by atoms with Gasteiger partial charge in [-0.05, 0) is 31.5 Å². The Morgan fingerprint density at radius 3 is 2.80 bits per heavy atom. The number of benzene rings is 1. The third-order valence-corrected chi connectivity index (χ3v) is 4.38. The second kappa shape index (κ2) is 6.47. The minimum Gasteiger partial charge on any atom is -0.344 e. The maximum absolute atomic E-state index is 12.1. The van der Waals surface area contributed by atoms with Gasteiger partial charge < -0.3 is 11.1 Å². The molecule has 1 unspecified atom stereocenters. The van der Waals surface area contributed by atoms with Gasteiger partial charge in [-0.25, -0.2) is 4.98 Å². The highest BCUT2D eigenvalue weighted by Crippen LogP contribution is 2.19. The molecule has 2 aromatic rings. The smallest absolute Gasteiger partial charge is 0.271 e. The number of nitrogens with one attached hydrogen (secondary N) is 1. The van der Waals surface area contributed by atoms with E-state index in [1.165, 1.54) is 11.3 Å². The molecule has 1 aromatic heterocycles. The predicted molar refractivity (Wildman–Crippen MR) is 84.7 cm³/mol. The summed E-state index contributed by atoms with van der Waals surface area (Å²) in [6, 6.07) is 7.63. The summed E-state index contributed by atoms with van der Waals surface area (Å²) >= 11 is 4.83. The van der Waals surface area contributed by atoms with E-state index in [1.807, 2.05) is 38.1 Å². The molecule has 0 aliphatic rings. The second-order valence-electron chi connectivity index (χ2n) is 4.61. The van der Waals surface area contributed by atoms with Gasteiger partial charge in [-0.15, -0.1) is 11.3 Å². The average molecular weight is 354 g/mol. The Labute approximate surface area is 130 Å². The highest BCUT2D eigenvalue weighted by atomic mass is 79.9. The molecule has 1 aromatic carbocycles. The number of amides is 1. The summed E-state index contributed by atoms with van der Waals surface area (Å²) in [6.45, 7) is 3.79. The Morgan fingerprint density at radius 2 is 2.20 bits per heavy atom. The number of hydrogen-bond acceptors (Lipinski definition) is 4. The lowest BCUT2D eigenvalue weighted by Gasteiger charge is -2.13. The van der Waals surface area contributed by atoms with Crippen LogP contribution in [-0.4, -0.2) is 10.9 Å². The molecule has 0 saturated carbocycles. The summed E-state index contributed by atoms with van der Waals surface area (Å²) < 4.78 is 0.990. The van der Waals surface area contributed by atoms with Crippen molar-refractivity contribution in [2.75, 3.05) is 0 Å². The van der Waals surface area contributed by atoms with Crippen molar-refractivity contribution < 1.29 is 4.79 Å². The molecule has 6 heteroatoms. The fraction of sp³-hybridized carbons (Fsp3) is 0.286. The van der Waals surface area contributed by atoms with Crippen LogP contribution in [-0.2, 0) is 0 Å². The number of thiazole rings is 1. The van der Waals surface area contributed by atoms with E-state index in [-0.39, 0.29) is 18.0 Å². The van der Waals surface area contributed by atoms with Gasteiger partial charge in [-0.3, -0.25) is 4.79 Å². The van der Waals surface area contributed by atoms with Crippen LogP contribution in [0.4, 0.5) is 0 Å². The van der Waals surface area contributed by atoms with Crippen LogP contribution in [0.15, 0.2) is 34.1 Å². The number of aromatic nitrogens is 1. The van der Waals surface area contributed by atoms with Gasteiger partial charge in [0, 0.05) is 9.85 Å². The monoisotopic (exact) mass is 353 g/mol. The van der Waals surface area contributed by atoms with Crippen LogP contribution < -0.4 is 11.1 Å². The minimum absolute atomic E-state index is 0.0829. The normalized spacial score (nSPS) is 13.8. The topological polar surface area (TPSA) is 68.0 Å². The molecule has 0 fully saturated rings. The van der Waals surface area contributed by atoms with Gasteiger partial charge in [0.05, 0.1) is 12.1 Å². The maximum Gasteiger partial charge on any atom is 0.271 e. The van der Waals surface area contributed by atoms with E-state index < -0.39 is 0 Å². The zero-order chi connectivity index (χ0) is 14.7. The van der Waals surface area contributed by atoms with Gasteiger partial charge in [0.25, 0.3) is 5.91 Å². The molecule has 0 spiro atoms. The summed E-state index contributed by atoms with van der Waals surface area (Å²) in [7, 11) is 0. The third kappa shape index (κ3) is 3.65. The molecule has 106 valence electrons. The fourth-order valence-electron chi connectivity index (χ4n) is 1.73. The Balaban J connectivity index is 2.07. The highest BCUT2D eigenvalue weighted by Gasteiger charge is 2.15. The molecule has 0 saturated heterocycles. The molecule has 4 nitrogen and oxygen atoms in total. The number of nitrogens with two attached hydrogens (primary N) is 1. The number of halogens is 1. The molecule has 20 heavy (non-hydrogen) atoms. The summed E-state index contributed by atoms with van der Waals surface area (Å²) in [6.07, 6.45) is 0. The molecule has 2 atom stereocenters. The van der Waals surface area contributed by atoms with Crippen molar-refractivity contribution in [1.29, 1.82) is 0 Å². The van der Waals surface area contributed by atoms with Crippen LogP contribution in [0.2, 0.25) is 0 Å². The van der Waals surface area contributed by atoms with E-state index in [2.05, 4.69) is 26.2 Å². The summed E-state index contributed by atoms with van der Waals surface area (Å²) in [4.78, 5) is 16.4. The average Bonchev–Trinajstić information content (AvgIpc) is 2.88. The SMILES string of the molecule is CC(N)c1nc(C(=O)N[C@@H](C)c2cccc(Br)c2)cs1. The van der Waals surface area contributed by atoms with E-state index in [4.69, 9.17) is 5.73 Å². The van der Waals surface area contributed by atoms with Gasteiger partial charge in [0.15, 0.2) is 0 Å². The zero-order valence-electron chi connectivity index (χ0n) is 11.3. The van der Waals surface area contributed by atoms with Crippen molar-refractivity contribution in [1.82, 2.24) is 10.3 Å². The Bertz CT molecular complexity index is 612. The van der Waals surface area contributed by atoms with E-state index in [1.54, 1.807) is 5.38 Å². The first-order chi connectivity index (χ1) is 9.47. The van der Waals surface area contributed by atoms with Crippen LogP contribution in [0.25, 0.3) is 0 Å². The number of carbonyl (C=O) groups is 1. The van der Waals surface area contributed by atoms with Crippen molar-refractivity contribution in [2.45, 2.75) is 25.9 Å². The van der Waals surface area contributed by atoms with Gasteiger partial charge in [0.1, 0.15) is 10.7 Å². The van der Waals surface area contributed by atoms with Crippen LogP contribution in [0.5, 0.6) is 0 Å². The summed E-state index contributed by atoms with van der Waals surface area (Å²) in [5.41, 5.74) is 7.21. The first-order valence-electron chi connectivity index (χ1n) is 6.24. The zero-order valence-corrected chi connectivity index (χ0v) is 13.7. The molecular weight excluding hydrogens is 338 g/mol. The third-order valence-electron chi connectivity index (χ3n) is 2.84. The Morgan fingerprint density at radius 1 is 1.45 bits per heavy atom. The van der Waals surface area contributed by atoms with E-state index in [9.17, 15) is 4.79 Å². The minimum atomic E-state index is -0.180. The van der Waals surface area contributed by atoms with Crippen LogP contribution >= 0.6 is 27.3 Å². The number of nitrogens with zero attached hydrogens (tertiary/aromatic N) is 1. The number of carbonyl (C=O) groups excluding carboxylic acids is 1. The summed E-state index contributed by atoms with van der Waals surface area (Å²) in [5, 5.41) is 5.44. The van der Waals surface area contributed by atoms with Gasteiger partial charge in [0.2, 0.25) is 0 Å². The van der Waals surface area contributed by atoms with E-state index in [0.717, 1.165) is 15.0 Å². The lowest BCUT2D eigenvalue weighted by molar-refractivity contribution is 0.0935. The van der Waals surface area contributed by atoms with Crippen molar-refractivity contribution in [2.24, 2.45) is 5.73 Å². The molecule has 1 amide bonds. The van der Waals surface area contributed by atoms with Crippen LogP contribution in [0, 0.1) is 0 Å². The summed E-state index contributed by atoms with van der Waals surface area (Å²) in [5.74, 6) is -0.180. The van der Waals surface area contributed by atoms with Crippen molar-refractivity contribution >= 4 is 33.2 Å². The Hall–Kier alpha value is -1.24. The molecule has 0 aliphatic heterocycles. The fourth-order valence-corrected chi connectivity index (χ4v) is 2.91. The van der Waals surface area contributed by atoms with Crippen LogP contribution in [0.3, 0.4) is 0 Å². The quantitative estimate of drug-likeness (QED) is 0.884. The van der Waals surface area contributed by atoms with Crippen molar-refractivity contribution in [3.05, 3.63) is 50.4 Å². The second-order valence-corrected chi connectivity index (χ2v) is 6.42. The number of hydrogen-bond donors (Lipinski definition) is 2. The van der Waals surface area contributed by atoms with Crippen molar-refractivity contribution in [3.8, 4) is 0 Å². The predicted octanol–water partition coefficient (Wildman–Crippen LogP) is 3.42. The largest absolute Gasteiger partial charge is 0.344 e. The van der Waals surface area contributed by atoms with E-state index >= 15 is 0 Å². The Kier molecular flexibility index (Phi) is 4.91.